The van der Waals surface area contributed by atoms with Crippen molar-refractivity contribution in [3.63, 3.8) is 0 Å². The maximum atomic E-state index is 13.7. The van der Waals surface area contributed by atoms with E-state index in [0.29, 0.717) is 28.4 Å². The number of fused-ring (bicyclic) bond motifs is 1. The Kier molecular flexibility index (Phi) is 7.11. The number of halogens is 1. The molecule has 3 aromatic carbocycles. The second-order valence-electron chi connectivity index (χ2n) is 8.59. The number of amides is 1. The largest absolute Gasteiger partial charge is 0.503 e. The fourth-order valence-corrected chi connectivity index (χ4v) is 4.85. The molecule has 0 saturated carbocycles. The molecule has 194 valence electrons. The fourth-order valence-electron chi connectivity index (χ4n) is 4.47. The van der Waals surface area contributed by atoms with Crippen molar-refractivity contribution in [2.75, 3.05) is 27.4 Å². The molecule has 1 aromatic heterocycles. The molecule has 1 aliphatic rings. The first kappa shape index (κ1) is 25.4. The number of benzene rings is 3. The van der Waals surface area contributed by atoms with E-state index in [4.69, 9.17) is 18.6 Å². The molecule has 1 amide bonds. The lowest BCUT2D eigenvalue weighted by Crippen LogP contribution is -2.34. The van der Waals surface area contributed by atoms with Crippen molar-refractivity contribution in [3.8, 4) is 17.2 Å². The highest BCUT2D eigenvalue weighted by molar-refractivity contribution is 9.10. The van der Waals surface area contributed by atoms with Crippen LogP contribution in [0.2, 0.25) is 0 Å². The van der Waals surface area contributed by atoms with Crippen LogP contribution >= 0.6 is 15.9 Å². The van der Waals surface area contributed by atoms with Crippen molar-refractivity contribution in [1.29, 1.82) is 0 Å². The molecular formula is C29H24BrNO7. The molecule has 0 aliphatic carbocycles. The molecule has 9 heteroatoms. The van der Waals surface area contributed by atoms with Gasteiger partial charge >= 0.3 is 0 Å². The smallest absolute Gasteiger partial charge is 0.290 e. The molecule has 4 aromatic rings. The number of nitrogens with zero attached hydrogens (tertiary/aromatic N) is 1. The van der Waals surface area contributed by atoms with E-state index in [0.717, 1.165) is 9.86 Å². The Balaban J connectivity index is 1.47. The van der Waals surface area contributed by atoms with Gasteiger partial charge in [-0.2, -0.15) is 0 Å². The van der Waals surface area contributed by atoms with Gasteiger partial charge in [0, 0.05) is 9.86 Å². The van der Waals surface area contributed by atoms with E-state index in [1.54, 1.807) is 73.8 Å². The molecule has 5 rings (SSSR count). The number of aliphatic hydroxyl groups excluding tert-OH is 1. The van der Waals surface area contributed by atoms with E-state index in [1.165, 1.54) is 12.0 Å². The second-order valence-corrected chi connectivity index (χ2v) is 9.50. The van der Waals surface area contributed by atoms with Gasteiger partial charge in [0.2, 0.25) is 5.78 Å². The zero-order valence-corrected chi connectivity index (χ0v) is 22.2. The van der Waals surface area contributed by atoms with Gasteiger partial charge in [-0.1, -0.05) is 28.1 Å². The minimum atomic E-state index is -0.871. The average Bonchev–Trinajstić information content (AvgIpc) is 3.47. The molecule has 38 heavy (non-hydrogen) atoms. The number of Topliss-reactive ketones (excluding diaryl/α,β-unsaturated/α-hetero) is 1. The summed E-state index contributed by atoms with van der Waals surface area (Å²) in [7, 11) is 3.11. The van der Waals surface area contributed by atoms with Crippen LogP contribution in [0.4, 0.5) is 0 Å². The minimum absolute atomic E-state index is 0.0247. The number of furan rings is 1. The number of hydrogen-bond donors (Lipinski definition) is 1. The Labute approximate surface area is 227 Å². The maximum Gasteiger partial charge on any atom is 0.290 e. The summed E-state index contributed by atoms with van der Waals surface area (Å²) in [5.74, 6) is 0.00679. The molecule has 0 radical (unpaired) electrons. The van der Waals surface area contributed by atoms with Gasteiger partial charge in [0.25, 0.3) is 5.91 Å². The van der Waals surface area contributed by atoms with E-state index in [-0.39, 0.29) is 24.5 Å². The van der Waals surface area contributed by atoms with E-state index in [9.17, 15) is 14.7 Å². The molecule has 1 unspecified atom stereocenters. The van der Waals surface area contributed by atoms with Crippen LogP contribution in [0.15, 0.2) is 93.0 Å². The van der Waals surface area contributed by atoms with E-state index in [2.05, 4.69) is 15.9 Å². The number of ketones is 1. The summed E-state index contributed by atoms with van der Waals surface area (Å²) in [6, 6.07) is 20.2. The number of carbonyl (C=O) groups is 2. The molecule has 2 heterocycles. The fraction of sp³-hybridized carbons (Fsp3) is 0.172. The Bertz CT molecular complexity index is 1540. The molecule has 8 nitrogen and oxygen atoms in total. The number of rotatable bonds is 9. The van der Waals surface area contributed by atoms with E-state index in [1.807, 2.05) is 6.07 Å². The van der Waals surface area contributed by atoms with Gasteiger partial charge < -0.3 is 28.6 Å². The van der Waals surface area contributed by atoms with Gasteiger partial charge in [-0.25, -0.2) is 0 Å². The maximum absolute atomic E-state index is 13.7. The molecule has 1 aliphatic heterocycles. The van der Waals surface area contributed by atoms with Gasteiger partial charge in [-0.3, -0.25) is 9.59 Å². The lowest BCUT2D eigenvalue weighted by Gasteiger charge is -2.27. The molecule has 1 atom stereocenters. The van der Waals surface area contributed by atoms with E-state index >= 15 is 0 Å². The predicted molar refractivity (Wildman–Crippen MR) is 144 cm³/mol. The van der Waals surface area contributed by atoms with Crippen LogP contribution in [-0.4, -0.2) is 49.1 Å². The van der Waals surface area contributed by atoms with Crippen molar-refractivity contribution >= 4 is 38.6 Å². The van der Waals surface area contributed by atoms with Crippen molar-refractivity contribution in [3.05, 3.63) is 99.9 Å². The first-order chi connectivity index (χ1) is 18.4. The van der Waals surface area contributed by atoms with Gasteiger partial charge in [-0.15, -0.1) is 0 Å². The first-order valence-electron chi connectivity index (χ1n) is 11.8. The molecule has 0 saturated heterocycles. The Hall–Kier alpha value is -4.24. The normalized spacial score (nSPS) is 15.3. The number of aliphatic hydroxyl groups is 1. The highest BCUT2D eigenvalue weighted by atomic mass is 79.9. The summed E-state index contributed by atoms with van der Waals surface area (Å²) in [6.45, 7) is 0.243. The SMILES string of the molecule is COc1ccc(OCCN2C(=O)C(O)=C(C(=O)c3cc4cc(Br)ccc4o3)C2c2cccc(OC)c2)cc1. The van der Waals surface area contributed by atoms with Crippen LogP contribution in [0.1, 0.15) is 22.2 Å². The van der Waals surface area contributed by atoms with Gasteiger partial charge in [0.1, 0.15) is 29.4 Å². The second kappa shape index (κ2) is 10.6. The zero-order valence-electron chi connectivity index (χ0n) is 20.6. The molecule has 0 spiro atoms. The van der Waals surface area contributed by atoms with Crippen LogP contribution in [0.5, 0.6) is 17.2 Å². The topological polar surface area (TPSA) is 98.4 Å². The van der Waals surface area contributed by atoms with Crippen LogP contribution in [0.25, 0.3) is 11.0 Å². The van der Waals surface area contributed by atoms with Crippen molar-refractivity contribution in [2.45, 2.75) is 6.04 Å². The number of ether oxygens (including phenoxy) is 3. The third-order valence-corrected chi connectivity index (χ3v) is 6.81. The number of hydrogen-bond acceptors (Lipinski definition) is 7. The lowest BCUT2D eigenvalue weighted by atomic mass is 9.95. The Morgan fingerprint density at radius 2 is 1.71 bits per heavy atom. The van der Waals surface area contributed by atoms with E-state index < -0.39 is 23.5 Å². The molecule has 0 fully saturated rings. The molecule has 1 N–H and O–H groups in total. The van der Waals surface area contributed by atoms with Gasteiger partial charge in [-0.05, 0) is 66.2 Å². The summed E-state index contributed by atoms with van der Waals surface area (Å²) in [5.41, 5.74) is 1.06. The third-order valence-electron chi connectivity index (χ3n) is 6.32. The first-order valence-corrected chi connectivity index (χ1v) is 12.6. The highest BCUT2D eigenvalue weighted by Crippen LogP contribution is 2.40. The molecule has 0 bridgehead atoms. The number of methoxy groups -OCH3 is 2. The van der Waals surface area contributed by atoms with Gasteiger partial charge in [0.05, 0.1) is 32.4 Å². The minimum Gasteiger partial charge on any atom is -0.503 e. The summed E-state index contributed by atoms with van der Waals surface area (Å²) in [4.78, 5) is 28.4. The quantitative estimate of drug-likeness (QED) is 0.248. The Morgan fingerprint density at radius 1 is 0.974 bits per heavy atom. The van der Waals surface area contributed by atoms with Crippen LogP contribution in [-0.2, 0) is 4.79 Å². The third kappa shape index (κ3) is 4.84. The monoisotopic (exact) mass is 577 g/mol. The zero-order chi connectivity index (χ0) is 26.8. The van der Waals surface area contributed by atoms with Crippen molar-refractivity contribution in [2.24, 2.45) is 0 Å². The summed E-state index contributed by atoms with van der Waals surface area (Å²) in [6.07, 6.45) is 0. The highest BCUT2D eigenvalue weighted by Gasteiger charge is 2.44. The van der Waals surface area contributed by atoms with Gasteiger partial charge in [0.15, 0.2) is 11.5 Å². The predicted octanol–water partition coefficient (Wildman–Crippen LogP) is 5.87. The van der Waals surface area contributed by atoms with Crippen LogP contribution in [0.3, 0.4) is 0 Å². The van der Waals surface area contributed by atoms with Crippen LogP contribution in [0, 0.1) is 0 Å². The standard InChI is InChI=1S/C29H24BrNO7/c1-35-20-7-9-21(10-8-20)37-13-12-31-26(17-4-3-5-22(15-17)36-2)25(28(33)29(31)34)27(32)24-16-18-14-19(30)6-11-23(18)38-24/h3-11,14-16,26,33H,12-13H2,1-2H3. The molecular weight excluding hydrogens is 554 g/mol. The average molecular weight is 578 g/mol. The number of carbonyl (C=O) groups excluding carboxylic acids is 2. The summed E-state index contributed by atoms with van der Waals surface area (Å²) < 4.78 is 23.0. The Morgan fingerprint density at radius 3 is 2.45 bits per heavy atom. The van der Waals surface area contributed by atoms with Crippen molar-refractivity contribution < 1.29 is 33.3 Å². The van der Waals surface area contributed by atoms with Crippen molar-refractivity contribution in [1.82, 2.24) is 4.90 Å². The lowest BCUT2D eigenvalue weighted by molar-refractivity contribution is -0.129. The summed E-state index contributed by atoms with van der Waals surface area (Å²) in [5, 5.41) is 11.7. The van der Waals surface area contributed by atoms with Crippen LogP contribution < -0.4 is 14.2 Å². The summed E-state index contributed by atoms with van der Waals surface area (Å²) >= 11 is 3.41.